The number of hydrogen-bond acceptors (Lipinski definition) is 4. The average Bonchev–Trinajstić information content (AvgIpc) is 2.72. The fourth-order valence-corrected chi connectivity index (χ4v) is 2.23. The maximum atomic E-state index is 10.9. The Morgan fingerprint density at radius 1 is 1.50 bits per heavy atom. The minimum atomic E-state index is -0.0837. The van der Waals surface area contributed by atoms with Gasteiger partial charge in [0, 0.05) is 19.6 Å². The number of aliphatic hydroxyl groups excluding tert-OH is 1. The van der Waals surface area contributed by atoms with Gasteiger partial charge in [-0.25, -0.2) is 5.84 Å². The Bertz CT molecular complexity index is 211. The number of rotatable bonds is 7. The molecule has 5 heteroatoms. The number of unbranched alkanes of at least 4 members (excludes halogenated alkanes) is 1. The van der Waals surface area contributed by atoms with E-state index in [2.05, 4.69) is 10.3 Å². The first kappa shape index (κ1) is 13.4. The molecule has 0 radical (unpaired) electrons. The Balaban J connectivity index is 2.00. The predicted molar refractivity (Wildman–Crippen MR) is 62.4 cm³/mol. The van der Waals surface area contributed by atoms with Crippen LogP contribution in [0.15, 0.2) is 0 Å². The molecule has 1 aliphatic heterocycles. The SMILES string of the molecule is NNC(=O)CCCCN1CCC(CCO)C1. The maximum Gasteiger partial charge on any atom is 0.233 e. The van der Waals surface area contributed by atoms with Gasteiger partial charge in [0.15, 0.2) is 0 Å². The van der Waals surface area contributed by atoms with Crippen molar-refractivity contribution in [2.24, 2.45) is 11.8 Å². The van der Waals surface area contributed by atoms with Crippen LogP contribution in [0.4, 0.5) is 0 Å². The lowest BCUT2D eigenvalue weighted by Crippen LogP contribution is -2.30. The Morgan fingerprint density at radius 2 is 2.31 bits per heavy atom. The molecule has 4 N–H and O–H groups in total. The van der Waals surface area contributed by atoms with E-state index in [0.717, 1.165) is 38.9 Å². The normalized spacial score (nSPS) is 21.2. The summed E-state index contributed by atoms with van der Waals surface area (Å²) < 4.78 is 0. The van der Waals surface area contributed by atoms with Crippen LogP contribution in [0.2, 0.25) is 0 Å². The van der Waals surface area contributed by atoms with Gasteiger partial charge in [0.25, 0.3) is 0 Å². The largest absolute Gasteiger partial charge is 0.396 e. The monoisotopic (exact) mass is 229 g/mol. The molecule has 1 aliphatic rings. The topological polar surface area (TPSA) is 78.6 Å². The Morgan fingerprint density at radius 3 is 3.00 bits per heavy atom. The number of carbonyl (C=O) groups excluding carboxylic acids is 1. The van der Waals surface area contributed by atoms with Crippen LogP contribution in [0.25, 0.3) is 0 Å². The number of hydrogen-bond donors (Lipinski definition) is 3. The van der Waals surface area contributed by atoms with Gasteiger partial charge in [0.1, 0.15) is 0 Å². The van der Waals surface area contributed by atoms with E-state index in [4.69, 9.17) is 10.9 Å². The third-order valence-electron chi connectivity index (χ3n) is 3.20. The molecule has 1 rings (SSSR count). The minimum absolute atomic E-state index is 0.0837. The average molecular weight is 229 g/mol. The van der Waals surface area contributed by atoms with Crippen LogP contribution in [0.3, 0.4) is 0 Å². The highest BCUT2D eigenvalue weighted by atomic mass is 16.3. The molecule has 5 nitrogen and oxygen atoms in total. The summed E-state index contributed by atoms with van der Waals surface area (Å²) in [7, 11) is 0. The lowest BCUT2D eigenvalue weighted by molar-refractivity contribution is -0.121. The van der Waals surface area contributed by atoms with Gasteiger partial charge in [-0.05, 0) is 44.7 Å². The van der Waals surface area contributed by atoms with Crippen molar-refractivity contribution in [3.63, 3.8) is 0 Å². The third-order valence-corrected chi connectivity index (χ3v) is 3.20. The van der Waals surface area contributed by atoms with Gasteiger partial charge >= 0.3 is 0 Å². The van der Waals surface area contributed by atoms with Gasteiger partial charge in [-0.1, -0.05) is 0 Å². The number of hydrazine groups is 1. The van der Waals surface area contributed by atoms with E-state index in [1.807, 2.05) is 0 Å². The van der Waals surface area contributed by atoms with Crippen LogP contribution < -0.4 is 11.3 Å². The van der Waals surface area contributed by atoms with Gasteiger partial charge in [-0.2, -0.15) is 0 Å². The number of nitrogens with one attached hydrogen (secondary N) is 1. The van der Waals surface area contributed by atoms with Crippen molar-refractivity contribution in [3.8, 4) is 0 Å². The van der Waals surface area contributed by atoms with E-state index < -0.39 is 0 Å². The summed E-state index contributed by atoms with van der Waals surface area (Å²) >= 11 is 0. The smallest absolute Gasteiger partial charge is 0.233 e. The molecule has 0 aromatic rings. The number of aliphatic hydroxyl groups is 1. The van der Waals surface area contributed by atoms with Crippen molar-refractivity contribution < 1.29 is 9.90 Å². The van der Waals surface area contributed by atoms with Crippen molar-refractivity contribution in [2.75, 3.05) is 26.2 Å². The summed E-state index contributed by atoms with van der Waals surface area (Å²) in [4.78, 5) is 13.3. The number of amides is 1. The van der Waals surface area contributed by atoms with Gasteiger partial charge in [-0.3, -0.25) is 10.2 Å². The van der Waals surface area contributed by atoms with E-state index in [1.165, 1.54) is 6.42 Å². The molecule has 1 unspecified atom stereocenters. The molecule has 94 valence electrons. The highest BCUT2D eigenvalue weighted by molar-refractivity contribution is 5.75. The van der Waals surface area contributed by atoms with Gasteiger partial charge in [-0.15, -0.1) is 0 Å². The first-order valence-corrected chi connectivity index (χ1v) is 6.09. The minimum Gasteiger partial charge on any atom is -0.396 e. The molecule has 0 bridgehead atoms. The lowest BCUT2D eigenvalue weighted by Gasteiger charge is -2.15. The van der Waals surface area contributed by atoms with Gasteiger partial charge in [0.05, 0.1) is 0 Å². The van der Waals surface area contributed by atoms with Crippen molar-refractivity contribution >= 4 is 5.91 Å². The highest BCUT2D eigenvalue weighted by Gasteiger charge is 2.21. The zero-order valence-electron chi connectivity index (χ0n) is 9.82. The Kier molecular flexibility index (Phi) is 6.37. The lowest BCUT2D eigenvalue weighted by atomic mass is 10.1. The second-order valence-corrected chi connectivity index (χ2v) is 4.49. The summed E-state index contributed by atoms with van der Waals surface area (Å²) in [5.74, 6) is 5.57. The van der Waals surface area contributed by atoms with Crippen LogP contribution in [0.1, 0.15) is 32.1 Å². The standard InChI is InChI=1S/C11H23N3O2/c12-13-11(16)3-1-2-6-14-7-4-10(9-14)5-8-15/h10,15H,1-9,12H2,(H,13,16). The summed E-state index contributed by atoms with van der Waals surface area (Å²) in [5, 5.41) is 8.84. The first-order valence-electron chi connectivity index (χ1n) is 6.09. The molecule has 0 aromatic heterocycles. The molecular weight excluding hydrogens is 206 g/mol. The van der Waals surface area contributed by atoms with E-state index in [0.29, 0.717) is 18.9 Å². The molecule has 0 aliphatic carbocycles. The molecule has 0 saturated carbocycles. The molecule has 1 heterocycles. The third kappa shape index (κ3) is 4.92. The summed E-state index contributed by atoms with van der Waals surface area (Å²) in [6.45, 7) is 3.59. The highest BCUT2D eigenvalue weighted by Crippen LogP contribution is 2.19. The zero-order chi connectivity index (χ0) is 11.8. The van der Waals surface area contributed by atoms with Gasteiger partial charge < -0.3 is 10.0 Å². The van der Waals surface area contributed by atoms with E-state index >= 15 is 0 Å². The van der Waals surface area contributed by atoms with Crippen molar-refractivity contribution in [1.82, 2.24) is 10.3 Å². The molecule has 0 spiro atoms. The number of likely N-dealkylation sites (tertiary alicyclic amines) is 1. The molecule has 1 amide bonds. The van der Waals surface area contributed by atoms with Crippen molar-refractivity contribution in [2.45, 2.75) is 32.1 Å². The van der Waals surface area contributed by atoms with E-state index in [9.17, 15) is 4.79 Å². The van der Waals surface area contributed by atoms with E-state index in [-0.39, 0.29) is 5.91 Å². The summed E-state index contributed by atoms with van der Waals surface area (Å²) in [6.07, 6.45) is 4.57. The summed E-state index contributed by atoms with van der Waals surface area (Å²) in [5.41, 5.74) is 2.14. The number of carbonyl (C=O) groups is 1. The number of nitrogens with two attached hydrogens (primary N) is 1. The second kappa shape index (κ2) is 7.60. The van der Waals surface area contributed by atoms with E-state index in [1.54, 1.807) is 0 Å². The van der Waals surface area contributed by atoms with Crippen LogP contribution >= 0.6 is 0 Å². The Hall–Kier alpha value is -0.650. The number of nitrogens with zero attached hydrogens (tertiary/aromatic N) is 1. The molecule has 1 fully saturated rings. The molecule has 0 aromatic carbocycles. The van der Waals surface area contributed by atoms with Crippen molar-refractivity contribution in [1.29, 1.82) is 0 Å². The first-order chi connectivity index (χ1) is 7.76. The molecular formula is C11H23N3O2. The van der Waals surface area contributed by atoms with Crippen LogP contribution in [0.5, 0.6) is 0 Å². The second-order valence-electron chi connectivity index (χ2n) is 4.49. The molecule has 1 atom stereocenters. The van der Waals surface area contributed by atoms with Crippen molar-refractivity contribution in [3.05, 3.63) is 0 Å². The van der Waals surface area contributed by atoms with Crippen LogP contribution in [-0.2, 0) is 4.79 Å². The van der Waals surface area contributed by atoms with Crippen LogP contribution in [0, 0.1) is 5.92 Å². The maximum absolute atomic E-state index is 10.9. The molecule has 1 saturated heterocycles. The summed E-state index contributed by atoms with van der Waals surface area (Å²) in [6, 6.07) is 0. The fraction of sp³-hybridized carbons (Fsp3) is 0.909. The van der Waals surface area contributed by atoms with Crippen LogP contribution in [-0.4, -0.2) is 42.2 Å². The fourth-order valence-electron chi connectivity index (χ4n) is 2.23. The zero-order valence-corrected chi connectivity index (χ0v) is 9.82. The quantitative estimate of drug-likeness (QED) is 0.245. The molecule has 16 heavy (non-hydrogen) atoms. The predicted octanol–water partition coefficient (Wildman–Crippen LogP) is -0.149. The van der Waals surface area contributed by atoms with Gasteiger partial charge in [0.2, 0.25) is 5.91 Å². The Labute approximate surface area is 97.0 Å².